The molecule has 0 spiro atoms. The fourth-order valence-corrected chi connectivity index (χ4v) is 1.47. The molecule has 0 aliphatic carbocycles. The average molecular weight is 275 g/mol. The van der Waals surface area contributed by atoms with E-state index in [1.807, 2.05) is 0 Å². The predicted octanol–water partition coefficient (Wildman–Crippen LogP) is 1.32. The van der Waals surface area contributed by atoms with Crippen molar-refractivity contribution in [2.75, 3.05) is 27.9 Å². The Labute approximate surface area is 109 Å². The summed E-state index contributed by atoms with van der Waals surface area (Å²) in [4.78, 5) is 11.8. The van der Waals surface area contributed by atoms with E-state index < -0.39 is 23.8 Å². The quantitative estimate of drug-likeness (QED) is 0.796. The third-order valence-corrected chi connectivity index (χ3v) is 2.41. The maximum atomic E-state index is 13.4. The Bertz CT molecular complexity index is 450. The highest BCUT2D eigenvalue weighted by molar-refractivity contribution is 5.97. The predicted molar refractivity (Wildman–Crippen MR) is 63.0 cm³/mol. The lowest BCUT2D eigenvalue weighted by Crippen LogP contribution is -2.34. The van der Waals surface area contributed by atoms with Crippen LogP contribution in [-0.2, 0) is 9.47 Å². The van der Waals surface area contributed by atoms with Crippen molar-refractivity contribution in [3.63, 3.8) is 0 Å². The molecule has 106 valence electrons. The molecule has 1 aromatic carbocycles. The lowest BCUT2D eigenvalue weighted by atomic mass is 10.1. The first kappa shape index (κ1) is 15.3. The van der Waals surface area contributed by atoms with Crippen LogP contribution < -0.4 is 10.1 Å². The van der Waals surface area contributed by atoms with Gasteiger partial charge in [-0.25, -0.2) is 8.78 Å². The zero-order chi connectivity index (χ0) is 14.4. The van der Waals surface area contributed by atoms with E-state index >= 15 is 0 Å². The third kappa shape index (κ3) is 3.87. The number of carbonyl (C=O) groups is 1. The molecule has 0 aliphatic rings. The average Bonchev–Trinajstić information content (AvgIpc) is 2.38. The van der Waals surface area contributed by atoms with Crippen LogP contribution in [0.4, 0.5) is 8.78 Å². The summed E-state index contributed by atoms with van der Waals surface area (Å²) in [7, 11) is 4.01. The van der Waals surface area contributed by atoms with Gasteiger partial charge in [0.1, 0.15) is 5.82 Å². The topological polar surface area (TPSA) is 56.8 Å². The number of benzene rings is 1. The Morgan fingerprint density at radius 1 is 1.26 bits per heavy atom. The second-order valence-electron chi connectivity index (χ2n) is 3.58. The smallest absolute Gasteiger partial charge is 0.255 e. The Morgan fingerprint density at radius 2 is 1.89 bits per heavy atom. The molecule has 0 bridgehead atoms. The van der Waals surface area contributed by atoms with Crippen LogP contribution in [0, 0.1) is 11.6 Å². The van der Waals surface area contributed by atoms with E-state index in [2.05, 4.69) is 5.32 Å². The Balaban J connectivity index is 2.87. The molecule has 0 radical (unpaired) electrons. The second kappa shape index (κ2) is 7.01. The molecule has 1 N–H and O–H groups in total. The third-order valence-electron chi connectivity index (χ3n) is 2.41. The molecule has 1 rings (SSSR count). The summed E-state index contributed by atoms with van der Waals surface area (Å²) in [5.41, 5.74) is -0.231. The van der Waals surface area contributed by atoms with Crippen LogP contribution in [0.2, 0.25) is 0 Å². The van der Waals surface area contributed by atoms with E-state index in [4.69, 9.17) is 14.2 Å². The lowest BCUT2D eigenvalue weighted by Gasteiger charge is -2.15. The van der Waals surface area contributed by atoms with Crippen molar-refractivity contribution in [3.8, 4) is 5.75 Å². The SMILES string of the molecule is COc1c(F)cc(F)cc1C(=O)NCC(OC)OC. The van der Waals surface area contributed by atoms with Crippen LogP contribution >= 0.6 is 0 Å². The van der Waals surface area contributed by atoms with Gasteiger partial charge in [-0.3, -0.25) is 4.79 Å². The zero-order valence-corrected chi connectivity index (χ0v) is 10.8. The van der Waals surface area contributed by atoms with Crippen LogP contribution in [-0.4, -0.2) is 40.1 Å². The molecule has 0 heterocycles. The van der Waals surface area contributed by atoms with Crippen molar-refractivity contribution in [1.29, 1.82) is 0 Å². The summed E-state index contributed by atoms with van der Waals surface area (Å²) in [6, 6.07) is 1.54. The number of rotatable bonds is 6. The molecule has 0 saturated carbocycles. The molecule has 0 saturated heterocycles. The summed E-state index contributed by atoms with van der Waals surface area (Å²) in [5, 5.41) is 2.43. The van der Waals surface area contributed by atoms with E-state index in [0.717, 1.165) is 6.07 Å². The summed E-state index contributed by atoms with van der Waals surface area (Å²) in [6.07, 6.45) is -0.645. The van der Waals surface area contributed by atoms with Gasteiger partial charge in [0.15, 0.2) is 17.9 Å². The van der Waals surface area contributed by atoms with Crippen molar-refractivity contribution in [3.05, 3.63) is 29.3 Å². The molecule has 19 heavy (non-hydrogen) atoms. The number of carbonyl (C=O) groups excluding carboxylic acids is 1. The number of nitrogens with one attached hydrogen (secondary N) is 1. The van der Waals surface area contributed by atoms with Crippen molar-refractivity contribution in [1.82, 2.24) is 5.32 Å². The van der Waals surface area contributed by atoms with Gasteiger partial charge >= 0.3 is 0 Å². The van der Waals surface area contributed by atoms with Gasteiger partial charge in [-0.15, -0.1) is 0 Å². The molecular formula is C12H15F2NO4. The first-order valence-electron chi connectivity index (χ1n) is 5.40. The van der Waals surface area contributed by atoms with Gasteiger partial charge in [0, 0.05) is 20.3 Å². The Kier molecular flexibility index (Phi) is 5.65. The number of halogens is 2. The summed E-state index contributed by atoms with van der Waals surface area (Å²) in [5.74, 6) is -2.80. The summed E-state index contributed by atoms with van der Waals surface area (Å²) >= 11 is 0. The zero-order valence-electron chi connectivity index (χ0n) is 10.8. The number of hydrogen-bond acceptors (Lipinski definition) is 4. The minimum absolute atomic E-state index is 0.0348. The fraction of sp³-hybridized carbons (Fsp3) is 0.417. The van der Waals surface area contributed by atoms with Crippen molar-refractivity contribution < 1.29 is 27.8 Å². The first-order valence-corrected chi connectivity index (χ1v) is 5.40. The van der Waals surface area contributed by atoms with Gasteiger partial charge in [0.25, 0.3) is 5.91 Å². The van der Waals surface area contributed by atoms with E-state index in [1.54, 1.807) is 0 Å². The first-order chi connectivity index (χ1) is 9.03. The minimum atomic E-state index is -0.942. The Hall–Kier alpha value is -1.73. The molecule has 1 amide bonds. The van der Waals surface area contributed by atoms with Gasteiger partial charge in [-0.1, -0.05) is 0 Å². The van der Waals surface area contributed by atoms with E-state index in [-0.39, 0.29) is 17.9 Å². The fourth-order valence-electron chi connectivity index (χ4n) is 1.47. The summed E-state index contributed by atoms with van der Waals surface area (Å²) < 4.78 is 41.0. The van der Waals surface area contributed by atoms with Gasteiger partial charge in [-0.05, 0) is 6.07 Å². The van der Waals surface area contributed by atoms with Gasteiger partial charge in [0.2, 0.25) is 0 Å². The number of methoxy groups -OCH3 is 3. The number of amides is 1. The largest absolute Gasteiger partial charge is 0.493 e. The normalized spacial score (nSPS) is 10.6. The van der Waals surface area contributed by atoms with Crippen molar-refractivity contribution >= 4 is 5.91 Å². The van der Waals surface area contributed by atoms with Crippen LogP contribution in [0.25, 0.3) is 0 Å². The van der Waals surface area contributed by atoms with E-state index in [1.165, 1.54) is 21.3 Å². The van der Waals surface area contributed by atoms with Gasteiger partial charge in [0.05, 0.1) is 19.2 Å². The molecular weight excluding hydrogens is 260 g/mol. The highest BCUT2D eigenvalue weighted by Gasteiger charge is 2.19. The minimum Gasteiger partial charge on any atom is -0.493 e. The number of hydrogen-bond donors (Lipinski definition) is 1. The van der Waals surface area contributed by atoms with Gasteiger partial charge in [-0.2, -0.15) is 0 Å². The molecule has 0 unspecified atom stereocenters. The second-order valence-corrected chi connectivity index (χ2v) is 3.58. The maximum absolute atomic E-state index is 13.4. The van der Waals surface area contributed by atoms with Crippen molar-refractivity contribution in [2.45, 2.75) is 6.29 Å². The van der Waals surface area contributed by atoms with Crippen molar-refractivity contribution in [2.24, 2.45) is 0 Å². The van der Waals surface area contributed by atoms with Crippen LogP contribution in [0.5, 0.6) is 5.75 Å². The van der Waals surface area contributed by atoms with E-state index in [0.29, 0.717) is 6.07 Å². The molecule has 0 aliphatic heterocycles. The monoisotopic (exact) mass is 275 g/mol. The standard InChI is InChI=1S/C12H15F2NO4/c1-17-10(18-2)6-15-12(16)8-4-7(13)5-9(14)11(8)19-3/h4-5,10H,6H2,1-3H3,(H,15,16). The molecule has 0 aromatic heterocycles. The molecule has 1 aromatic rings. The maximum Gasteiger partial charge on any atom is 0.255 e. The van der Waals surface area contributed by atoms with Crippen LogP contribution in [0.15, 0.2) is 12.1 Å². The van der Waals surface area contributed by atoms with Crippen LogP contribution in [0.3, 0.4) is 0 Å². The molecule has 0 fully saturated rings. The highest BCUT2D eigenvalue weighted by Crippen LogP contribution is 2.23. The molecule has 0 atom stereocenters. The highest BCUT2D eigenvalue weighted by atomic mass is 19.1. The number of ether oxygens (including phenoxy) is 3. The summed E-state index contributed by atoms with van der Waals surface area (Å²) in [6.45, 7) is 0.0348. The molecule has 5 nitrogen and oxygen atoms in total. The van der Waals surface area contributed by atoms with Crippen LogP contribution in [0.1, 0.15) is 10.4 Å². The Morgan fingerprint density at radius 3 is 2.42 bits per heavy atom. The van der Waals surface area contributed by atoms with Gasteiger partial charge < -0.3 is 19.5 Å². The molecule has 7 heteroatoms. The van der Waals surface area contributed by atoms with E-state index in [9.17, 15) is 13.6 Å². The lowest BCUT2D eigenvalue weighted by molar-refractivity contribution is -0.0974.